The van der Waals surface area contributed by atoms with Crippen LogP contribution < -0.4 is 10.5 Å². The average Bonchev–Trinajstić information content (AvgIpc) is 2.20. The number of nitrogens with two attached hydrogens (primary N) is 1. The van der Waals surface area contributed by atoms with Crippen molar-refractivity contribution >= 4 is 21.8 Å². The van der Waals surface area contributed by atoms with Crippen LogP contribution in [0.4, 0.5) is 0 Å². The van der Waals surface area contributed by atoms with Crippen LogP contribution in [0.5, 0.6) is 5.75 Å². The van der Waals surface area contributed by atoms with E-state index in [4.69, 9.17) is 15.2 Å². The maximum absolute atomic E-state index is 10.7. The van der Waals surface area contributed by atoms with Crippen LogP contribution in [0.25, 0.3) is 0 Å². The Hall–Kier alpha value is -1.07. The van der Waals surface area contributed by atoms with Gasteiger partial charge in [0.2, 0.25) is 5.91 Å². The number of carbonyl (C=O) groups excluding carboxylic acids is 1. The Morgan fingerprint density at radius 1 is 1.44 bits per heavy atom. The predicted octanol–water partition coefficient (Wildman–Crippen LogP) is 1.50. The molecule has 88 valence electrons. The molecule has 1 rings (SSSR count). The van der Waals surface area contributed by atoms with Crippen molar-refractivity contribution in [3.8, 4) is 5.75 Å². The summed E-state index contributed by atoms with van der Waals surface area (Å²) >= 11 is 3.37. The topological polar surface area (TPSA) is 61.6 Å². The number of methoxy groups -OCH3 is 1. The third-order valence-corrected chi connectivity index (χ3v) is 2.54. The minimum atomic E-state index is -0.347. The standard InChI is InChI=1S/C11H14BrNO3/c1-15-4-5-16-10-3-2-8(6-9(10)12)7-11(13)14/h2-3,6H,4-5,7H2,1H3,(H2,13,14). The highest BCUT2D eigenvalue weighted by atomic mass is 79.9. The minimum absolute atomic E-state index is 0.233. The number of primary amides is 1. The van der Waals surface area contributed by atoms with Gasteiger partial charge in [0, 0.05) is 7.11 Å². The average molecular weight is 288 g/mol. The van der Waals surface area contributed by atoms with Crippen LogP contribution in [0.15, 0.2) is 22.7 Å². The van der Waals surface area contributed by atoms with Crippen molar-refractivity contribution in [3.63, 3.8) is 0 Å². The van der Waals surface area contributed by atoms with Crippen LogP contribution in [-0.2, 0) is 16.0 Å². The second-order valence-corrected chi connectivity index (χ2v) is 4.10. The summed E-state index contributed by atoms with van der Waals surface area (Å²) in [6, 6.07) is 5.45. The molecule has 0 unspecified atom stereocenters. The van der Waals surface area contributed by atoms with Gasteiger partial charge in [-0.05, 0) is 33.6 Å². The molecule has 0 saturated carbocycles. The van der Waals surface area contributed by atoms with Crippen LogP contribution in [0, 0.1) is 0 Å². The van der Waals surface area contributed by atoms with E-state index in [1.54, 1.807) is 13.2 Å². The number of halogens is 1. The third kappa shape index (κ3) is 4.20. The van der Waals surface area contributed by atoms with Crippen LogP contribution in [0.1, 0.15) is 5.56 Å². The lowest BCUT2D eigenvalue weighted by molar-refractivity contribution is -0.117. The molecular formula is C11H14BrNO3. The molecule has 2 N–H and O–H groups in total. The molecule has 5 heteroatoms. The Kier molecular flexibility index (Phi) is 5.28. The van der Waals surface area contributed by atoms with E-state index in [1.807, 2.05) is 12.1 Å². The zero-order valence-corrected chi connectivity index (χ0v) is 10.6. The smallest absolute Gasteiger partial charge is 0.221 e. The normalized spacial score (nSPS) is 10.1. The molecule has 0 bridgehead atoms. The summed E-state index contributed by atoms with van der Waals surface area (Å²) in [6.07, 6.45) is 0.233. The van der Waals surface area contributed by atoms with Gasteiger partial charge in [-0.2, -0.15) is 0 Å². The number of ether oxygens (including phenoxy) is 2. The van der Waals surface area contributed by atoms with Gasteiger partial charge in [0.1, 0.15) is 12.4 Å². The van der Waals surface area contributed by atoms with E-state index in [1.165, 1.54) is 0 Å². The highest BCUT2D eigenvalue weighted by Crippen LogP contribution is 2.26. The molecule has 0 aliphatic heterocycles. The van der Waals surface area contributed by atoms with E-state index >= 15 is 0 Å². The van der Waals surface area contributed by atoms with Gasteiger partial charge in [0.15, 0.2) is 0 Å². The maximum atomic E-state index is 10.7. The second-order valence-electron chi connectivity index (χ2n) is 3.25. The summed E-state index contributed by atoms with van der Waals surface area (Å²) in [7, 11) is 1.62. The lowest BCUT2D eigenvalue weighted by Crippen LogP contribution is -2.13. The quantitative estimate of drug-likeness (QED) is 0.807. The van der Waals surface area contributed by atoms with Crippen molar-refractivity contribution in [1.29, 1.82) is 0 Å². The highest BCUT2D eigenvalue weighted by Gasteiger charge is 2.04. The first-order valence-corrected chi connectivity index (χ1v) is 5.61. The Morgan fingerprint density at radius 3 is 2.75 bits per heavy atom. The SMILES string of the molecule is COCCOc1ccc(CC(N)=O)cc1Br. The third-order valence-electron chi connectivity index (χ3n) is 1.92. The summed E-state index contributed by atoms with van der Waals surface area (Å²) < 4.78 is 11.1. The molecule has 1 aromatic carbocycles. The number of carbonyl (C=O) groups is 1. The number of hydrogen-bond donors (Lipinski definition) is 1. The van der Waals surface area contributed by atoms with Gasteiger partial charge in [-0.15, -0.1) is 0 Å². The lowest BCUT2D eigenvalue weighted by Gasteiger charge is -2.08. The van der Waals surface area contributed by atoms with Crippen molar-refractivity contribution in [2.24, 2.45) is 5.73 Å². The van der Waals surface area contributed by atoms with E-state index < -0.39 is 0 Å². The fourth-order valence-electron chi connectivity index (χ4n) is 1.21. The summed E-state index contributed by atoms with van der Waals surface area (Å²) in [5.41, 5.74) is 5.97. The van der Waals surface area contributed by atoms with Crippen molar-refractivity contribution in [2.75, 3.05) is 20.3 Å². The molecule has 1 amide bonds. The van der Waals surface area contributed by atoms with E-state index in [-0.39, 0.29) is 12.3 Å². The Labute approximate surface area is 103 Å². The molecule has 0 aromatic heterocycles. The van der Waals surface area contributed by atoms with Crippen LogP contribution in [-0.4, -0.2) is 26.2 Å². The van der Waals surface area contributed by atoms with Gasteiger partial charge in [-0.1, -0.05) is 6.07 Å². The fourth-order valence-corrected chi connectivity index (χ4v) is 1.75. The Morgan fingerprint density at radius 2 is 2.19 bits per heavy atom. The van der Waals surface area contributed by atoms with Gasteiger partial charge in [0.05, 0.1) is 17.5 Å². The van der Waals surface area contributed by atoms with E-state index in [9.17, 15) is 4.79 Å². The van der Waals surface area contributed by atoms with Gasteiger partial charge < -0.3 is 15.2 Å². The van der Waals surface area contributed by atoms with Crippen molar-refractivity contribution in [3.05, 3.63) is 28.2 Å². The molecule has 0 radical (unpaired) electrons. The van der Waals surface area contributed by atoms with Gasteiger partial charge in [-0.3, -0.25) is 4.79 Å². The summed E-state index contributed by atoms with van der Waals surface area (Å²) in [5.74, 6) is 0.380. The molecule has 1 aromatic rings. The van der Waals surface area contributed by atoms with Gasteiger partial charge in [-0.25, -0.2) is 0 Å². The molecule has 0 saturated heterocycles. The van der Waals surface area contributed by atoms with Gasteiger partial charge in [0.25, 0.3) is 0 Å². The monoisotopic (exact) mass is 287 g/mol. The number of rotatable bonds is 6. The van der Waals surface area contributed by atoms with E-state index in [2.05, 4.69) is 15.9 Å². The Bertz CT molecular complexity index is 368. The molecule has 0 atom stereocenters. The molecule has 0 fully saturated rings. The first-order valence-electron chi connectivity index (χ1n) is 4.82. The van der Waals surface area contributed by atoms with Crippen molar-refractivity contribution < 1.29 is 14.3 Å². The maximum Gasteiger partial charge on any atom is 0.221 e. The second kappa shape index (κ2) is 6.50. The largest absolute Gasteiger partial charge is 0.490 e. The number of amides is 1. The zero-order chi connectivity index (χ0) is 12.0. The molecule has 16 heavy (non-hydrogen) atoms. The van der Waals surface area contributed by atoms with Gasteiger partial charge >= 0.3 is 0 Å². The molecule has 0 heterocycles. The Balaban J connectivity index is 2.64. The van der Waals surface area contributed by atoms with E-state index in [0.717, 1.165) is 15.8 Å². The predicted molar refractivity (Wildman–Crippen MR) is 64.4 cm³/mol. The first kappa shape index (κ1) is 13.0. The van der Waals surface area contributed by atoms with Crippen molar-refractivity contribution in [2.45, 2.75) is 6.42 Å². The lowest BCUT2D eigenvalue weighted by atomic mass is 10.1. The van der Waals surface area contributed by atoms with Crippen molar-refractivity contribution in [1.82, 2.24) is 0 Å². The fraction of sp³-hybridized carbons (Fsp3) is 0.364. The molecular weight excluding hydrogens is 274 g/mol. The molecule has 4 nitrogen and oxygen atoms in total. The molecule has 0 spiro atoms. The van der Waals surface area contributed by atoms with E-state index in [0.29, 0.717) is 13.2 Å². The van der Waals surface area contributed by atoms with Crippen LogP contribution >= 0.6 is 15.9 Å². The van der Waals surface area contributed by atoms with Crippen LogP contribution in [0.2, 0.25) is 0 Å². The summed E-state index contributed by atoms with van der Waals surface area (Å²) in [6.45, 7) is 1.03. The minimum Gasteiger partial charge on any atom is -0.490 e. The van der Waals surface area contributed by atoms with Crippen LogP contribution in [0.3, 0.4) is 0 Å². The number of hydrogen-bond acceptors (Lipinski definition) is 3. The molecule has 0 aliphatic carbocycles. The molecule has 0 aliphatic rings. The summed E-state index contributed by atoms with van der Waals surface area (Å²) in [4.78, 5) is 10.7. The first-order chi connectivity index (χ1) is 7.63. The zero-order valence-electron chi connectivity index (χ0n) is 9.03. The summed E-state index contributed by atoms with van der Waals surface area (Å²) in [5, 5.41) is 0. The highest BCUT2D eigenvalue weighted by molar-refractivity contribution is 9.10. The number of benzene rings is 1.